The van der Waals surface area contributed by atoms with Crippen LogP contribution in [-0.2, 0) is 29.5 Å². The molecule has 0 N–H and O–H groups in total. The van der Waals surface area contributed by atoms with E-state index in [9.17, 15) is 64.8 Å². The summed E-state index contributed by atoms with van der Waals surface area (Å²) in [5, 5.41) is 0. The van der Waals surface area contributed by atoms with Gasteiger partial charge in [-0.3, -0.25) is 6.92 Å². The van der Waals surface area contributed by atoms with Gasteiger partial charge in [-0.15, -0.1) is 0 Å². The second-order valence-electron chi connectivity index (χ2n) is 3.53. The van der Waals surface area contributed by atoms with Crippen molar-refractivity contribution in [1.29, 1.82) is 0 Å². The van der Waals surface area contributed by atoms with E-state index in [2.05, 4.69) is 0 Å². The Morgan fingerprint density at radius 3 is 0.696 bits per heavy atom. The minimum atomic E-state index is -8.15. The Morgan fingerprint density at radius 2 is 0.609 bits per heavy atom. The predicted molar refractivity (Wildman–Crippen MR) is 53.0 cm³/mol. The van der Waals surface area contributed by atoms with Crippen molar-refractivity contribution in [2.24, 2.45) is 0 Å². The van der Waals surface area contributed by atoms with Gasteiger partial charge < -0.3 is 0 Å². The van der Waals surface area contributed by atoms with Crippen molar-refractivity contribution >= 4 is 29.5 Å². The van der Waals surface area contributed by atoms with Crippen LogP contribution in [0.2, 0.25) is 0 Å². The van der Waals surface area contributed by atoms with E-state index in [-0.39, 0.29) is 0 Å². The third-order valence-corrected chi connectivity index (χ3v) is 10.4. The van der Waals surface area contributed by atoms with Crippen molar-refractivity contribution in [3.8, 4) is 0 Å². The first-order valence-electron chi connectivity index (χ1n) is 4.28. The molecule has 0 amide bonds. The molecule has 0 atom stereocenters. The summed E-state index contributed by atoms with van der Waals surface area (Å²) < 4.78 is 169. The van der Waals surface area contributed by atoms with Crippen LogP contribution in [0.4, 0.5) is 39.5 Å². The van der Waals surface area contributed by atoms with Gasteiger partial charge in [0, 0.05) is 0 Å². The molecule has 0 saturated carbocycles. The van der Waals surface area contributed by atoms with Crippen molar-refractivity contribution in [2.45, 2.75) is 19.9 Å². The largest absolute Gasteiger partial charge is 0.497 e. The van der Waals surface area contributed by atoms with Gasteiger partial charge in [0.1, 0.15) is 0 Å². The van der Waals surface area contributed by atoms with Gasteiger partial charge in [0.25, 0.3) is 29.5 Å². The number of halogens is 9. The monoisotopic (exact) mass is 425 g/mol. The molecule has 0 saturated heterocycles. The molecule has 18 heteroatoms. The molecule has 0 rings (SSSR count). The standard InChI is InChI=1S/C5H2F9O6S3/c1-2(21(15,16)3(6,7)8,22(17,18)4(9,10)11)23(19,20)5(12,13)14/h1H2/q-1. The number of alkyl halides is 9. The fourth-order valence-electron chi connectivity index (χ4n) is 0.962. The minimum absolute atomic E-state index is 1.16. The maximum absolute atomic E-state index is 12.3. The summed E-state index contributed by atoms with van der Waals surface area (Å²) >= 11 is 0. The lowest BCUT2D eigenvalue weighted by Crippen LogP contribution is -2.61. The SMILES string of the molecule is [CH2-]C(S(=O)(=O)C(F)(F)F)(S(=O)(=O)C(F)(F)F)S(=O)(=O)C(F)(F)F. The Kier molecular flexibility index (Phi) is 4.93. The predicted octanol–water partition coefficient (Wildman–Crippen LogP) is 1.28. The van der Waals surface area contributed by atoms with Gasteiger partial charge in [0.2, 0.25) is 0 Å². The Bertz CT molecular complexity index is 671. The van der Waals surface area contributed by atoms with Crippen molar-refractivity contribution in [3.63, 3.8) is 0 Å². The highest BCUT2D eigenvalue weighted by Crippen LogP contribution is 2.50. The molecule has 140 valence electrons. The lowest BCUT2D eigenvalue weighted by Gasteiger charge is -2.35. The molecule has 0 fully saturated rings. The van der Waals surface area contributed by atoms with Crippen LogP contribution >= 0.6 is 0 Å². The fraction of sp³-hybridized carbons (Fsp3) is 0.800. The van der Waals surface area contributed by atoms with Gasteiger partial charge in [0.15, 0.2) is 3.41 Å². The molecule has 0 aromatic carbocycles. The average molecular weight is 425 g/mol. The summed E-state index contributed by atoms with van der Waals surface area (Å²) in [6, 6.07) is 0. The lowest BCUT2D eigenvalue weighted by atomic mass is 10.9. The topological polar surface area (TPSA) is 102 Å². The molecule has 0 radical (unpaired) electrons. The molecule has 0 heterocycles. The molecule has 6 nitrogen and oxygen atoms in total. The number of sulfone groups is 3. The highest BCUT2D eigenvalue weighted by molar-refractivity contribution is 8.26. The van der Waals surface area contributed by atoms with Crippen LogP contribution in [0.3, 0.4) is 0 Å². The molecule has 0 aliphatic heterocycles. The number of rotatable bonds is 3. The summed E-state index contributed by atoms with van der Waals surface area (Å²) in [5.74, 6) is 0. The molecular formula is C5H2F9O6S3-. The Morgan fingerprint density at radius 1 is 0.478 bits per heavy atom. The highest BCUT2D eigenvalue weighted by atomic mass is 32.3. The van der Waals surface area contributed by atoms with Crippen LogP contribution in [0.15, 0.2) is 0 Å². The smallest absolute Gasteiger partial charge is 0.291 e. The van der Waals surface area contributed by atoms with Crippen molar-refractivity contribution in [1.82, 2.24) is 0 Å². The van der Waals surface area contributed by atoms with E-state index in [0.717, 1.165) is 6.92 Å². The van der Waals surface area contributed by atoms with E-state index in [1.54, 1.807) is 0 Å². The summed E-state index contributed by atoms with van der Waals surface area (Å²) in [4.78, 5) is 0. The highest BCUT2D eigenvalue weighted by Gasteiger charge is 2.76. The van der Waals surface area contributed by atoms with Gasteiger partial charge in [-0.2, -0.15) is 39.5 Å². The summed E-state index contributed by atoms with van der Waals surface area (Å²) in [6.07, 6.45) is 0. The quantitative estimate of drug-likeness (QED) is 0.499. The van der Waals surface area contributed by atoms with Gasteiger partial charge in [-0.25, -0.2) is 25.3 Å². The zero-order valence-electron chi connectivity index (χ0n) is 9.78. The minimum Gasteiger partial charge on any atom is -0.291 e. The van der Waals surface area contributed by atoms with Gasteiger partial charge in [0.05, 0.1) is 0 Å². The molecule has 0 aliphatic carbocycles. The van der Waals surface area contributed by atoms with Crippen LogP contribution in [0.1, 0.15) is 0 Å². The summed E-state index contributed by atoms with van der Waals surface area (Å²) in [6.45, 7) is 1.16. The zero-order valence-corrected chi connectivity index (χ0v) is 12.2. The first-order valence-corrected chi connectivity index (χ1v) is 8.73. The first-order chi connectivity index (χ1) is 9.50. The number of hydrogen-bond donors (Lipinski definition) is 0. The maximum Gasteiger partial charge on any atom is 0.497 e. The second-order valence-corrected chi connectivity index (χ2v) is 10.8. The molecular weight excluding hydrogens is 423 g/mol. The second kappa shape index (κ2) is 5.11. The molecule has 0 aromatic rings. The normalized spacial score (nSPS) is 16.4. The number of hydrogen-bond acceptors (Lipinski definition) is 6. The summed E-state index contributed by atoms with van der Waals surface area (Å²) in [5.41, 5.74) is -21.4. The van der Waals surface area contributed by atoms with E-state index in [0.29, 0.717) is 0 Å². The Balaban J connectivity index is 7.45. The molecule has 0 unspecified atom stereocenters. The van der Waals surface area contributed by atoms with Crippen molar-refractivity contribution < 1.29 is 64.8 Å². The molecule has 0 spiro atoms. The molecule has 23 heavy (non-hydrogen) atoms. The van der Waals surface area contributed by atoms with Crippen molar-refractivity contribution in [3.05, 3.63) is 6.92 Å². The zero-order chi connectivity index (χ0) is 19.5. The van der Waals surface area contributed by atoms with E-state index in [4.69, 9.17) is 0 Å². The lowest BCUT2D eigenvalue weighted by molar-refractivity contribution is -0.0505. The van der Waals surface area contributed by atoms with Crippen LogP contribution in [0, 0.1) is 6.92 Å². The Labute approximate surface area is 122 Å². The van der Waals surface area contributed by atoms with Crippen LogP contribution in [0.25, 0.3) is 0 Å². The molecule has 0 aliphatic rings. The van der Waals surface area contributed by atoms with E-state index in [1.807, 2.05) is 0 Å². The van der Waals surface area contributed by atoms with Gasteiger partial charge in [-0.1, -0.05) is 0 Å². The van der Waals surface area contributed by atoms with Gasteiger partial charge >= 0.3 is 16.5 Å². The van der Waals surface area contributed by atoms with E-state index in [1.165, 1.54) is 0 Å². The third-order valence-electron chi connectivity index (χ3n) is 2.14. The Hall–Kier alpha value is -0.780. The van der Waals surface area contributed by atoms with Crippen LogP contribution in [-0.4, -0.2) is 45.2 Å². The first kappa shape index (κ1) is 22.2. The fourth-order valence-corrected chi connectivity index (χ4v) is 7.19. The van der Waals surface area contributed by atoms with Crippen LogP contribution in [0.5, 0.6) is 0 Å². The molecule has 0 bridgehead atoms. The maximum atomic E-state index is 12.3. The molecule has 0 aromatic heterocycles. The summed E-state index contributed by atoms with van der Waals surface area (Å²) in [7, 11) is -24.4. The average Bonchev–Trinajstić information content (AvgIpc) is 2.22. The van der Waals surface area contributed by atoms with Crippen molar-refractivity contribution in [2.75, 3.05) is 0 Å². The van der Waals surface area contributed by atoms with E-state index >= 15 is 0 Å². The van der Waals surface area contributed by atoms with E-state index < -0.39 is 49.4 Å². The van der Waals surface area contributed by atoms with Crippen LogP contribution < -0.4 is 0 Å². The third kappa shape index (κ3) is 2.77. The van der Waals surface area contributed by atoms with Gasteiger partial charge in [-0.05, 0) is 0 Å².